The molecule has 148 valence electrons. The molecule has 2 aliphatic rings. The van der Waals surface area contributed by atoms with E-state index in [2.05, 4.69) is 53.5 Å². The largest absolute Gasteiger partial charge is 0.469 e. The molecule has 6 heteroatoms. The van der Waals surface area contributed by atoms with Crippen LogP contribution in [0.15, 0.2) is 58.3 Å². The van der Waals surface area contributed by atoms with E-state index in [-0.39, 0.29) is 17.7 Å². The number of allylic oxidation sites excluding steroid dienone is 2. The van der Waals surface area contributed by atoms with Crippen molar-refractivity contribution in [2.24, 2.45) is 0 Å². The quantitative estimate of drug-likeness (QED) is 0.703. The lowest BCUT2D eigenvalue weighted by molar-refractivity contribution is -0.117. The molecule has 0 radical (unpaired) electrons. The van der Waals surface area contributed by atoms with Crippen molar-refractivity contribution < 1.29 is 9.21 Å². The number of hydrogen-bond donors (Lipinski definition) is 1. The molecule has 2 aromatic heterocycles. The fourth-order valence-electron chi connectivity index (χ4n) is 4.41. The Balaban J connectivity index is 1.60. The molecule has 1 aromatic carbocycles. The summed E-state index contributed by atoms with van der Waals surface area (Å²) in [7, 11) is 0. The maximum atomic E-state index is 13.3. The molecule has 0 saturated carbocycles. The Hall–Kier alpha value is -3.15. The maximum Gasteiger partial charge on any atom is 0.226 e. The van der Waals surface area contributed by atoms with Crippen LogP contribution in [-0.4, -0.2) is 20.5 Å². The van der Waals surface area contributed by atoms with Crippen LogP contribution >= 0.6 is 0 Å². The van der Waals surface area contributed by atoms with Gasteiger partial charge >= 0.3 is 0 Å². The summed E-state index contributed by atoms with van der Waals surface area (Å²) < 4.78 is 7.44. The molecule has 2 atom stereocenters. The highest BCUT2D eigenvalue weighted by Gasteiger charge is 2.40. The van der Waals surface area contributed by atoms with Gasteiger partial charge < -0.3 is 9.73 Å². The molecule has 0 spiro atoms. The lowest BCUT2D eigenvalue weighted by Gasteiger charge is -2.34. The Labute approximate surface area is 169 Å². The summed E-state index contributed by atoms with van der Waals surface area (Å²) in [6.07, 6.45) is 2.83. The number of furan rings is 1. The third kappa shape index (κ3) is 2.99. The van der Waals surface area contributed by atoms with Crippen LogP contribution in [0, 0.1) is 6.92 Å². The minimum Gasteiger partial charge on any atom is -0.469 e. The van der Waals surface area contributed by atoms with Crippen LogP contribution in [-0.2, 0) is 4.79 Å². The van der Waals surface area contributed by atoms with Crippen LogP contribution < -0.4 is 5.32 Å². The summed E-state index contributed by atoms with van der Waals surface area (Å²) in [5.41, 5.74) is 4.06. The summed E-state index contributed by atoms with van der Waals surface area (Å²) in [6, 6.07) is 12.1. The van der Waals surface area contributed by atoms with E-state index in [0.717, 1.165) is 29.0 Å². The fourth-order valence-corrected chi connectivity index (χ4v) is 4.41. The Kier molecular flexibility index (Phi) is 4.15. The van der Waals surface area contributed by atoms with Gasteiger partial charge in [-0.2, -0.15) is 10.1 Å². The second-order valence-corrected chi connectivity index (χ2v) is 8.21. The van der Waals surface area contributed by atoms with Gasteiger partial charge in [-0.1, -0.05) is 38.1 Å². The number of nitrogens with one attached hydrogen (secondary N) is 1. The summed E-state index contributed by atoms with van der Waals surface area (Å²) in [6.45, 7) is 6.23. The third-order valence-corrected chi connectivity index (χ3v) is 5.89. The monoisotopic (exact) mass is 388 g/mol. The second-order valence-electron chi connectivity index (χ2n) is 8.21. The number of hydrogen-bond acceptors (Lipinski definition) is 5. The number of ketones is 1. The number of anilines is 1. The van der Waals surface area contributed by atoms with Crippen molar-refractivity contribution in [2.45, 2.75) is 51.5 Å². The van der Waals surface area contributed by atoms with Gasteiger partial charge in [-0.15, -0.1) is 0 Å². The molecule has 3 heterocycles. The molecule has 0 unspecified atom stereocenters. The Bertz CT molecular complexity index is 1090. The highest BCUT2D eigenvalue weighted by molar-refractivity contribution is 6.00. The van der Waals surface area contributed by atoms with Gasteiger partial charge in [0.05, 0.1) is 6.26 Å². The minimum absolute atomic E-state index is 0.0447. The van der Waals surface area contributed by atoms with Crippen molar-refractivity contribution in [2.75, 3.05) is 5.32 Å². The van der Waals surface area contributed by atoms with Gasteiger partial charge in [0, 0.05) is 23.6 Å². The van der Waals surface area contributed by atoms with Crippen LogP contribution in [0.4, 0.5) is 5.95 Å². The molecule has 0 fully saturated rings. The fraction of sp³-hybridized carbons (Fsp3) is 0.348. The van der Waals surface area contributed by atoms with Gasteiger partial charge in [0.25, 0.3) is 0 Å². The predicted molar refractivity (Wildman–Crippen MR) is 110 cm³/mol. The van der Waals surface area contributed by atoms with E-state index in [1.54, 1.807) is 6.26 Å². The second kappa shape index (κ2) is 6.72. The average molecular weight is 388 g/mol. The molecule has 1 aliphatic carbocycles. The molecule has 0 saturated heterocycles. The number of carbonyl (C=O) groups is 1. The minimum atomic E-state index is -0.256. The van der Waals surface area contributed by atoms with Crippen molar-refractivity contribution in [3.63, 3.8) is 0 Å². The van der Waals surface area contributed by atoms with Crippen LogP contribution in [0.5, 0.6) is 0 Å². The van der Waals surface area contributed by atoms with Gasteiger partial charge in [0.2, 0.25) is 5.95 Å². The molecule has 0 bridgehead atoms. The Morgan fingerprint density at radius 3 is 2.66 bits per heavy atom. The van der Waals surface area contributed by atoms with Gasteiger partial charge in [-0.05, 0) is 42.5 Å². The molecule has 5 rings (SSSR count). The van der Waals surface area contributed by atoms with Crippen LogP contribution in [0.2, 0.25) is 0 Å². The topological polar surface area (TPSA) is 73.0 Å². The van der Waals surface area contributed by atoms with Crippen molar-refractivity contribution in [3.05, 3.63) is 76.6 Å². The maximum absolute atomic E-state index is 13.3. The highest BCUT2D eigenvalue weighted by atomic mass is 16.3. The van der Waals surface area contributed by atoms with E-state index in [4.69, 9.17) is 4.42 Å². The van der Waals surface area contributed by atoms with Gasteiger partial charge in [-0.25, -0.2) is 4.68 Å². The summed E-state index contributed by atoms with van der Waals surface area (Å²) in [5.74, 6) is 2.87. The van der Waals surface area contributed by atoms with Gasteiger partial charge in [0.1, 0.15) is 17.6 Å². The van der Waals surface area contributed by atoms with E-state index >= 15 is 0 Å². The van der Waals surface area contributed by atoms with Crippen molar-refractivity contribution in [3.8, 4) is 0 Å². The number of carbonyl (C=O) groups excluding carboxylic acids is 1. The molecule has 6 nitrogen and oxygen atoms in total. The SMILES string of the molecule is Cc1nc2n(n1)[C@H](c1ccc(C(C)C)cc1)C1=C(C[C@@H](c3ccco3)CC1=O)N2. The molecule has 29 heavy (non-hydrogen) atoms. The van der Waals surface area contributed by atoms with Gasteiger partial charge in [-0.3, -0.25) is 4.79 Å². The zero-order chi connectivity index (χ0) is 20.1. The normalized spacial score (nSPS) is 21.2. The standard InChI is InChI=1S/C23H24N4O2/c1-13(2)15-6-8-16(9-7-15)22-21-18(25-23-24-14(3)26-27(22)23)11-17(12-19(21)28)20-5-4-10-29-20/h4-10,13,17,22H,11-12H2,1-3H3,(H,24,25,26)/t17-,22-/m1/s1. The summed E-state index contributed by atoms with van der Waals surface area (Å²) in [4.78, 5) is 17.9. The average Bonchev–Trinajstić information content (AvgIpc) is 3.35. The number of benzene rings is 1. The molecule has 3 aromatic rings. The van der Waals surface area contributed by atoms with Crippen molar-refractivity contribution in [1.82, 2.24) is 14.8 Å². The first-order valence-corrected chi connectivity index (χ1v) is 10.1. The molecular weight excluding hydrogens is 364 g/mol. The molecule has 0 amide bonds. The van der Waals surface area contributed by atoms with E-state index in [9.17, 15) is 4.79 Å². The number of rotatable bonds is 3. The zero-order valence-electron chi connectivity index (χ0n) is 16.8. The summed E-state index contributed by atoms with van der Waals surface area (Å²) >= 11 is 0. The lowest BCUT2D eigenvalue weighted by Crippen LogP contribution is -2.33. The predicted octanol–water partition coefficient (Wildman–Crippen LogP) is 4.72. The molecular formula is C23H24N4O2. The number of Topliss-reactive ketones (excluding diaryl/α,β-unsaturated/α-hetero) is 1. The van der Waals surface area contributed by atoms with E-state index in [1.807, 2.05) is 23.7 Å². The number of aromatic nitrogens is 3. The summed E-state index contributed by atoms with van der Waals surface area (Å²) in [5, 5.41) is 7.98. The van der Waals surface area contributed by atoms with Crippen molar-refractivity contribution >= 4 is 11.7 Å². The van der Waals surface area contributed by atoms with Crippen LogP contribution in [0.1, 0.15) is 67.3 Å². The van der Waals surface area contributed by atoms with E-state index in [0.29, 0.717) is 24.1 Å². The first kappa shape index (κ1) is 17.9. The van der Waals surface area contributed by atoms with E-state index in [1.165, 1.54) is 5.56 Å². The van der Waals surface area contributed by atoms with E-state index < -0.39 is 0 Å². The zero-order valence-corrected chi connectivity index (χ0v) is 16.8. The smallest absolute Gasteiger partial charge is 0.226 e. The lowest BCUT2D eigenvalue weighted by atomic mass is 9.79. The molecule has 1 N–H and O–H groups in total. The Morgan fingerprint density at radius 2 is 1.97 bits per heavy atom. The molecule has 1 aliphatic heterocycles. The Morgan fingerprint density at radius 1 is 1.17 bits per heavy atom. The number of fused-ring (bicyclic) bond motifs is 1. The first-order valence-electron chi connectivity index (χ1n) is 10.1. The van der Waals surface area contributed by atoms with Crippen molar-refractivity contribution in [1.29, 1.82) is 0 Å². The third-order valence-electron chi connectivity index (χ3n) is 5.89. The van der Waals surface area contributed by atoms with Crippen LogP contribution in [0.25, 0.3) is 0 Å². The van der Waals surface area contributed by atoms with Crippen LogP contribution in [0.3, 0.4) is 0 Å². The number of aryl methyl sites for hydroxylation is 1. The first-order chi connectivity index (χ1) is 14.0. The number of nitrogens with zero attached hydrogens (tertiary/aromatic N) is 3. The van der Waals surface area contributed by atoms with Gasteiger partial charge in [0.15, 0.2) is 5.78 Å². The highest BCUT2D eigenvalue weighted by Crippen LogP contribution is 2.44.